The highest BCUT2D eigenvalue weighted by Gasteiger charge is 2.17. The fourth-order valence-corrected chi connectivity index (χ4v) is 4.33. The van der Waals surface area contributed by atoms with Crippen LogP contribution in [0.4, 0.5) is 0 Å². The Bertz CT molecular complexity index is 556. The van der Waals surface area contributed by atoms with Crippen molar-refractivity contribution in [3.63, 3.8) is 0 Å². The summed E-state index contributed by atoms with van der Waals surface area (Å²) in [6.45, 7) is 4.04. The predicted molar refractivity (Wildman–Crippen MR) is 156 cm³/mol. The Morgan fingerprint density at radius 1 is 0.694 bits per heavy atom. The first-order chi connectivity index (χ1) is 17.7. The molecule has 0 aliphatic carbocycles. The molecule has 0 bridgehead atoms. The van der Waals surface area contributed by atoms with Gasteiger partial charge in [0, 0.05) is 6.42 Å². The summed E-state index contributed by atoms with van der Waals surface area (Å²) in [4.78, 5) is 12.2. The van der Waals surface area contributed by atoms with Gasteiger partial charge in [-0.2, -0.15) is 0 Å². The number of hydrogen-bond donors (Lipinski definition) is 3. The van der Waals surface area contributed by atoms with E-state index < -0.39 is 12.1 Å². The highest BCUT2D eigenvalue weighted by atomic mass is 16.3. The summed E-state index contributed by atoms with van der Waals surface area (Å²) in [5, 5.41) is 22.6. The molecular formula is C32H59NO3. The minimum absolute atomic E-state index is 0.0831. The second-order valence-electron chi connectivity index (χ2n) is 10.2. The molecule has 0 fully saturated rings. The third-order valence-corrected chi connectivity index (χ3v) is 6.70. The van der Waals surface area contributed by atoms with Crippen molar-refractivity contribution in [2.45, 2.75) is 154 Å². The quantitative estimate of drug-likeness (QED) is 0.0817. The van der Waals surface area contributed by atoms with Crippen LogP contribution in [0, 0.1) is 0 Å². The summed E-state index contributed by atoms with van der Waals surface area (Å²) in [6, 6.07) is -0.638. The maximum absolute atomic E-state index is 12.2. The molecule has 210 valence electrons. The first kappa shape index (κ1) is 34.6. The van der Waals surface area contributed by atoms with Crippen LogP contribution in [-0.2, 0) is 4.79 Å². The number of unbranched alkanes of at least 4 members (excludes halogenated alkanes) is 16. The fourth-order valence-electron chi connectivity index (χ4n) is 4.33. The Kier molecular flexibility index (Phi) is 27.1. The van der Waals surface area contributed by atoms with Crippen LogP contribution in [-0.4, -0.2) is 34.9 Å². The lowest BCUT2D eigenvalue weighted by Gasteiger charge is -2.19. The molecule has 1 amide bonds. The zero-order valence-electron chi connectivity index (χ0n) is 23.8. The molecule has 0 aliphatic rings. The molecule has 0 spiro atoms. The Labute approximate surface area is 223 Å². The number of aliphatic hydroxyl groups is 2. The summed E-state index contributed by atoms with van der Waals surface area (Å²) in [7, 11) is 0. The standard InChI is InChI=1S/C32H59NO3/c1-3-5-7-9-11-13-14-15-16-17-18-20-22-24-26-28-32(36)33-30(29-34)31(35)27-25-23-21-19-12-10-8-6-4-2/h4,6,12,19,25,27,30-31,34-35H,3,5,7-11,13-18,20-24,26,28-29H2,1-2H3,(H,33,36)/b6-4+,19-12+,27-25+. The molecule has 0 aromatic heterocycles. The molecule has 0 saturated carbocycles. The third-order valence-electron chi connectivity index (χ3n) is 6.70. The summed E-state index contributed by atoms with van der Waals surface area (Å²) in [6.07, 6.45) is 35.2. The Balaban J connectivity index is 3.67. The molecule has 0 aromatic carbocycles. The lowest BCUT2D eigenvalue weighted by molar-refractivity contribution is -0.123. The molecule has 0 heterocycles. The third kappa shape index (κ3) is 24.3. The van der Waals surface area contributed by atoms with E-state index in [0.29, 0.717) is 6.42 Å². The number of carbonyl (C=O) groups is 1. The smallest absolute Gasteiger partial charge is 0.220 e. The molecule has 3 N–H and O–H groups in total. The van der Waals surface area contributed by atoms with E-state index in [1.165, 1.54) is 83.5 Å². The maximum Gasteiger partial charge on any atom is 0.220 e. The second-order valence-corrected chi connectivity index (χ2v) is 10.2. The van der Waals surface area contributed by atoms with Gasteiger partial charge in [-0.25, -0.2) is 0 Å². The van der Waals surface area contributed by atoms with E-state index in [-0.39, 0.29) is 12.5 Å². The molecule has 4 heteroatoms. The molecule has 0 radical (unpaired) electrons. The topological polar surface area (TPSA) is 69.6 Å². The second kappa shape index (κ2) is 28.2. The molecule has 2 atom stereocenters. The number of hydrogen-bond acceptors (Lipinski definition) is 3. The van der Waals surface area contributed by atoms with Crippen molar-refractivity contribution >= 4 is 5.91 Å². The van der Waals surface area contributed by atoms with E-state index in [1.807, 2.05) is 13.0 Å². The molecule has 2 unspecified atom stereocenters. The van der Waals surface area contributed by atoms with Crippen LogP contribution in [0.1, 0.15) is 142 Å². The zero-order valence-corrected chi connectivity index (χ0v) is 23.8. The molecule has 0 aromatic rings. The average molecular weight is 506 g/mol. The van der Waals surface area contributed by atoms with E-state index in [9.17, 15) is 15.0 Å². The number of carbonyl (C=O) groups excluding carboxylic acids is 1. The van der Waals surface area contributed by atoms with Crippen LogP contribution in [0.2, 0.25) is 0 Å². The van der Waals surface area contributed by atoms with Crippen molar-refractivity contribution in [1.82, 2.24) is 5.32 Å². The lowest BCUT2D eigenvalue weighted by atomic mass is 10.0. The van der Waals surface area contributed by atoms with Gasteiger partial charge in [-0.1, -0.05) is 133 Å². The van der Waals surface area contributed by atoms with Gasteiger partial charge < -0.3 is 15.5 Å². The highest BCUT2D eigenvalue weighted by molar-refractivity contribution is 5.76. The first-order valence-electron chi connectivity index (χ1n) is 15.2. The van der Waals surface area contributed by atoms with Gasteiger partial charge in [0.2, 0.25) is 5.91 Å². The van der Waals surface area contributed by atoms with Crippen molar-refractivity contribution in [1.29, 1.82) is 0 Å². The molecule has 4 nitrogen and oxygen atoms in total. The normalized spacial score (nSPS) is 13.8. The van der Waals surface area contributed by atoms with Crippen LogP contribution in [0.3, 0.4) is 0 Å². The largest absolute Gasteiger partial charge is 0.394 e. The summed E-state index contributed by atoms with van der Waals surface area (Å²) in [5.74, 6) is -0.0831. The van der Waals surface area contributed by atoms with Gasteiger partial charge in [0.25, 0.3) is 0 Å². The van der Waals surface area contributed by atoms with Gasteiger partial charge in [-0.15, -0.1) is 0 Å². The minimum atomic E-state index is -0.862. The van der Waals surface area contributed by atoms with Gasteiger partial charge in [0.15, 0.2) is 0 Å². The number of allylic oxidation sites excluding steroid dienone is 5. The van der Waals surface area contributed by atoms with Gasteiger partial charge >= 0.3 is 0 Å². The number of nitrogens with one attached hydrogen (secondary N) is 1. The van der Waals surface area contributed by atoms with E-state index in [2.05, 4.69) is 36.5 Å². The number of amides is 1. The van der Waals surface area contributed by atoms with Crippen LogP contribution in [0.15, 0.2) is 36.5 Å². The average Bonchev–Trinajstić information content (AvgIpc) is 2.88. The monoisotopic (exact) mass is 505 g/mol. The van der Waals surface area contributed by atoms with Crippen LogP contribution < -0.4 is 5.32 Å². The summed E-state index contributed by atoms with van der Waals surface area (Å²) in [5.41, 5.74) is 0. The summed E-state index contributed by atoms with van der Waals surface area (Å²) >= 11 is 0. The minimum Gasteiger partial charge on any atom is -0.394 e. The van der Waals surface area contributed by atoms with Crippen LogP contribution in [0.5, 0.6) is 0 Å². The first-order valence-corrected chi connectivity index (χ1v) is 15.2. The predicted octanol–water partition coefficient (Wildman–Crippen LogP) is 8.33. The molecule has 0 saturated heterocycles. The fraction of sp³-hybridized carbons (Fsp3) is 0.781. The maximum atomic E-state index is 12.2. The Morgan fingerprint density at radius 3 is 1.61 bits per heavy atom. The van der Waals surface area contributed by atoms with Crippen LogP contribution in [0.25, 0.3) is 0 Å². The highest BCUT2D eigenvalue weighted by Crippen LogP contribution is 2.14. The van der Waals surface area contributed by atoms with E-state index in [0.717, 1.165) is 38.5 Å². The molecule has 0 rings (SSSR count). The van der Waals surface area contributed by atoms with Gasteiger partial charge in [0.05, 0.1) is 18.8 Å². The molecular weight excluding hydrogens is 446 g/mol. The van der Waals surface area contributed by atoms with Crippen LogP contribution >= 0.6 is 0 Å². The van der Waals surface area contributed by atoms with Gasteiger partial charge in [-0.05, 0) is 39.0 Å². The zero-order chi connectivity index (χ0) is 26.5. The number of aliphatic hydroxyl groups excluding tert-OH is 2. The molecule has 0 aliphatic heterocycles. The molecule has 36 heavy (non-hydrogen) atoms. The van der Waals surface area contributed by atoms with Crippen molar-refractivity contribution < 1.29 is 15.0 Å². The van der Waals surface area contributed by atoms with E-state index >= 15 is 0 Å². The lowest BCUT2D eigenvalue weighted by Crippen LogP contribution is -2.45. The van der Waals surface area contributed by atoms with Gasteiger partial charge in [-0.3, -0.25) is 4.79 Å². The van der Waals surface area contributed by atoms with E-state index in [4.69, 9.17) is 0 Å². The van der Waals surface area contributed by atoms with Crippen molar-refractivity contribution in [3.05, 3.63) is 36.5 Å². The Morgan fingerprint density at radius 2 is 1.14 bits per heavy atom. The van der Waals surface area contributed by atoms with Crippen molar-refractivity contribution in [2.75, 3.05) is 6.61 Å². The summed E-state index contributed by atoms with van der Waals surface area (Å²) < 4.78 is 0. The van der Waals surface area contributed by atoms with Gasteiger partial charge in [0.1, 0.15) is 0 Å². The number of rotatable bonds is 26. The van der Waals surface area contributed by atoms with Crippen molar-refractivity contribution in [2.24, 2.45) is 0 Å². The Hall–Kier alpha value is -1.39. The SMILES string of the molecule is C/C=C/CC/C=C/CC/C=C/C(O)C(CO)NC(=O)CCCCCCCCCCCCCCCCC. The van der Waals surface area contributed by atoms with Crippen molar-refractivity contribution in [3.8, 4) is 0 Å². The van der Waals surface area contributed by atoms with E-state index in [1.54, 1.807) is 6.08 Å².